The van der Waals surface area contributed by atoms with Gasteiger partial charge in [-0.3, -0.25) is 0 Å². The molecule has 2 heteroatoms. The van der Waals surface area contributed by atoms with Crippen LogP contribution >= 0.6 is 0 Å². The van der Waals surface area contributed by atoms with E-state index in [1.165, 1.54) is 16.8 Å². The van der Waals surface area contributed by atoms with E-state index < -0.39 is 0 Å². The Morgan fingerprint density at radius 3 is 2.80 bits per heavy atom. The van der Waals surface area contributed by atoms with E-state index >= 15 is 0 Å². The lowest BCUT2D eigenvalue weighted by Crippen LogP contribution is -2.27. The lowest BCUT2D eigenvalue weighted by Gasteiger charge is -2.19. The van der Waals surface area contributed by atoms with Gasteiger partial charge in [0.1, 0.15) is 0 Å². The van der Waals surface area contributed by atoms with Crippen molar-refractivity contribution in [2.45, 2.75) is 39.3 Å². The second-order valence-electron chi connectivity index (χ2n) is 4.36. The Hall–Kier alpha value is -1.02. The second-order valence-corrected chi connectivity index (χ2v) is 4.36. The summed E-state index contributed by atoms with van der Waals surface area (Å²) in [5.74, 6) is 0. The molecule has 15 heavy (non-hydrogen) atoms. The van der Waals surface area contributed by atoms with Crippen molar-refractivity contribution < 1.29 is 4.74 Å². The van der Waals surface area contributed by atoms with Gasteiger partial charge in [0.2, 0.25) is 0 Å². The number of aryl methyl sites for hydroxylation is 1. The van der Waals surface area contributed by atoms with Crippen LogP contribution in [-0.2, 0) is 4.74 Å². The third-order valence-corrected chi connectivity index (χ3v) is 3.32. The highest BCUT2D eigenvalue weighted by Gasteiger charge is 2.24. The van der Waals surface area contributed by atoms with E-state index in [9.17, 15) is 0 Å². The van der Waals surface area contributed by atoms with Crippen molar-refractivity contribution >= 4 is 5.69 Å². The maximum Gasteiger partial charge on any atom is 0.0748 e. The first-order valence-electron chi connectivity index (χ1n) is 5.63. The van der Waals surface area contributed by atoms with Crippen molar-refractivity contribution in [2.24, 2.45) is 0 Å². The minimum absolute atomic E-state index is 0.324. The van der Waals surface area contributed by atoms with Crippen LogP contribution in [0.2, 0.25) is 0 Å². The van der Waals surface area contributed by atoms with Crippen LogP contribution in [0.3, 0.4) is 0 Å². The largest absolute Gasteiger partial charge is 0.379 e. The molecule has 0 aromatic heterocycles. The molecule has 1 aromatic carbocycles. The first-order valence-corrected chi connectivity index (χ1v) is 5.63. The number of benzene rings is 1. The maximum absolute atomic E-state index is 5.55. The molecule has 82 valence electrons. The first kappa shape index (κ1) is 10.5. The van der Waals surface area contributed by atoms with Crippen LogP contribution in [0.15, 0.2) is 18.2 Å². The quantitative estimate of drug-likeness (QED) is 0.801. The molecule has 1 aliphatic heterocycles. The van der Waals surface area contributed by atoms with Crippen molar-refractivity contribution in [3.8, 4) is 0 Å². The van der Waals surface area contributed by atoms with Crippen molar-refractivity contribution in [3.63, 3.8) is 0 Å². The lowest BCUT2D eigenvalue weighted by molar-refractivity contribution is 0.121. The fourth-order valence-electron chi connectivity index (χ4n) is 2.03. The molecule has 1 fully saturated rings. The highest BCUT2D eigenvalue weighted by Crippen LogP contribution is 2.23. The van der Waals surface area contributed by atoms with Crippen LogP contribution in [0.5, 0.6) is 0 Å². The topological polar surface area (TPSA) is 21.3 Å². The average molecular weight is 205 g/mol. The predicted octanol–water partition coefficient (Wildman–Crippen LogP) is 2.89. The molecule has 0 saturated carbocycles. The summed E-state index contributed by atoms with van der Waals surface area (Å²) >= 11 is 0. The van der Waals surface area contributed by atoms with Gasteiger partial charge < -0.3 is 10.1 Å². The van der Waals surface area contributed by atoms with E-state index in [4.69, 9.17) is 4.74 Å². The van der Waals surface area contributed by atoms with E-state index in [1.54, 1.807) is 0 Å². The molecule has 2 nitrogen and oxygen atoms in total. The number of hydrogen-bond donors (Lipinski definition) is 1. The minimum atomic E-state index is 0.324. The van der Waals surface area contributed by atoms with E-state index in [0.29, 0.717) is 12.1 Å². The molecule has 0 aliphatic carbocycles. The zero-order chi connectivity index (χ0) is 10.8. The molecular formula is C13H19NO. The SMILES string of the molecule is Cc1cccc(N[C@@H]2CCO[C@@H]2C)c1C. The molecule has 1 heterocycles. The fraction of sp³-hybridized carbons (Fsp3) is 0.538. The Bertz CT molecular complexity index is 348. The van der Waals surface area contributed by atoms with Crippen LogP contribution in [0.4, 0.5) is 5.69 Å². The number of anilines is 1. The van der Waals surface area contributed by atoms with Crippen LogP contribution < -0.4 is 5.32 Å². The Morgan fingerprint density at radius 1 is 1.33 bits per heavy atom. The highest BCUT2D eigenvalue weighted by molar-refractivity contribution is 5.54. The summed E-state index contributed by atoms with van der Waals surface area (Å²) in [7, 11) is 0. The summed E-state index contributed by atoms with van der Waals surface area (Å²) in [5, 5.41) is 3.57. The average Bonchev–Trinajstić information content (AvgIpc) is 2.60. The Kier molecular flexibility index (Phi) is 2.96. The summed E-state index contributed by atoms with van der Waals surface area (Å²) in [5.41, 5.74) is 3.93. The third-order valence-electron chi connectivity index (χ3n) is 3.32. The molecule has 2 rings (SSSR count). The van der Waals surface area contributed by atoms with Crippen molar-refractivity contribution in [3.05, 3.63) is 29.3 Å². The molecule has 0 amide bonds. The molecular weight excluding hydrogens is 186 g/mol. The Labute approximate surface area is 91.6 Å². The molecule has 0 bridgehead atoms. The molecule has 0 unspecified atom stereocenters. The predicted molar refractivity (Wildman–Crippen MR) is 63.4 cm³/mol. The maximum atomic E-state index is 5.55. The normalized spacial score (nSPS) is 25.5. The molecule has 1 aliphatic rings. The van der Waals surface area contributed by atoms with Crippen molar-refractivity contribution in [1.82, 2.24) is 0 Å². The van der Waals surface area contributed by atoms with Gasteiger partial charge in [-0.25, -0.2) is 0 Å². The van der Waals surface area contributed by atoms with Gasteiger partial charge in [0.05, 0.1) is 12.1 Å². The third kappa shape index (κ3) is 2.15. The van der Waals surface area contributed by atoms with Gasteiger partial charge in [0, 0.05) is 12.3 Å². The van der Waals surface area contributed by atoms with Crippen LogP contribution in [0.25, 0.3) is 0 Å². The Balaban J connectivity index is 2.13. The summed E-state index contributed by atoms with van der Waals surface area (Å²) in [6.45, 7) is 7.33. The van der Waals surface area contributed by atoms with Crippen LogP contribution in [0, 0.1) is 13.8 Å². The lowest BCUT2D eigenvalue weighted by atomic mass is 10.1. The molecule has 2 atom stereocenters. The van der Waals surface area contributed by atoms with Gasteiger partial charge >= 0.3 is 0 Å². The van der Waals surface area contributed by atoms with E-state index in [0.717, 1.165) is 13.0 Å². The zero-order valence-corrected chi connectivity index (χ0v) is 9.71. The van der Waals surface area contributed by atoms with Gasteiger partial charge in [-0.05, 0) is 44.4 Å². The van der Waals surface area contributed by atoms with Crippen molar-refractivity contribution in [2.75, 3.05) is 11.9 Å². The van der Waals surface area contributed by atoms with Gasteiger partial charge in [-0.1, -0.05) is 12.1 Å². The molecule has 1 saturated heterocycles. The molecule has 1 N–H and O–H groups in total. The first-order chi connectivity index (χ1) is 7.18. The van der Waals surface area contributed by atoms with Crippen LogP contribution in [-0.4, -0.2) is 18.8 Å². The van der Waals surface area contributed by atoms with Gasteiger partial charge in [-0.2, -0.15) is 0 Å². The van der Waals surface area contributed by atoms with Crippen molar-refractivity contribution in [1.29, 1.82) is 0 Å². The summed E-state index contributed by atoms with van der Waals surface area (Å²) < 4.78 is 5.55. The molecule has 0 spiro atoms. The number of rotatable bonds is 2. The summed E-state index contributed by atoms with van der Waals surface area (Å²) in [6.07, 6.45) is 1.43. The summed E-state index contributed by atoms with van der Waals surface area (Å²) in [6, 6.07) is 6.86. The number of ether oxygens (including phenoxy) is 1. The number of hydrogen-bond acceptors (Lipinski definition) is 2. The standard InChI is InChI=1S/C13H19NO/c1-9-5-4-6-12(10(9)2)14-13-7-8-15-11(13)3/h4-6,11,13-14H,7-8H2,1-3H3/t11-,13-/m1/s1. The fourth-order valence-corrected chi connectivity index (χ4v) is 2.03. The minimum Gasteiger partial charge on any atom is -0.379 e. The highest BCUT2D eigenvalue weighted by atomic mass is 16.5. The van der Waals surface area contributed by atoms with E-state index in [1.807, 2.05) is 0 Å². The van der Waals surface area contributed by atoms with Crippen LogP contribution in [0.1, 0.15) is 24.5 Å². The second kappa shape index (κ2) is 4.23. The zero-order valence-electron chi connectivity index (χ0n) is 9.71. The Morgan fingerprint density at radius 2 is 2.13 bits per heavy atom. The molecule has 0 radical (unpaired) electrons. The summed E-state index contributed by atoms with van der Waals surface area (Å²) in [4.78, 5) is 0. The molecule has 1 aromatic rings. The van der Waals surface area contributed by atoms with Gasteiger partial charge in [-0.15, -0.1) is 0 Å². The van der Waals surface area contributed by atoms with Gasteiger partial charge in [0.25, 0.3) is 0 Å². The van der Waals surface area contributed by atoms with E-state index in [2.05, 4.69) is 44.3 Å². The van der Waals surface area contributed by atoms with Gasteiger partial charge in [0.15, 0.2) is 0 Å². The smallest absolute Gasteiger partial charge is 0.0748 e. The van der Waals surface area contributed by atoms with E-state index in [-0.39, 0.29) is 0 Å². The number of nitrogens with one attached hydrogen (secondary N) is 1. The monoisotopic (exact) mass is 205 g/mol.